The van der Waals surface area contributed by atoms with Gasteiger partial charge in [-0.05, 0) is 32.8 Å². The lowest BCUT2D eigenvalue weighted by Crippen LogP contribution is -2.24. The molecule has 0 fully saturated rings. The van der Waals surface area contributed by atoms with E-state index < -0.39 is 23.9 Å². The normalized spacial score (nSPS) is 18.4. The van der Waals surface area contributed by atoms with Gasteiger partial charge in [-0.15, -0.1) is 0 Å². The summed E-state index contributed by atoms with van der Waals surface area (Å²) in [6.07, 6.45) is -2.06. The molecule has 6 nitrogen and oxygen atoms in total. The van der Waals surface area contributed by atoms with Crippen LogP contribution in [-0.2, 0) is 9.59 Å². The number of carbonyl (C=O) groups is 2. The fourth-order valence-electron chi connectivity index (χ4n) is 1.88. The van der Waals surface area contributed by atoms with Gasteiger partial charge in [-0.25, -0.2) is 0 Å². The number of amides is 1. The van der Waals surface area contributed by atoms with Gasteiger partial charge in [0.2, 0.25) is 0 Å². The van der Waals surface area contributed by atoms with Crippen LogP contribution in [0.3, 0.4) is 0 Å². The zero-order chi connectivity index (χ0) is 14.7. The molecule has 0 bridgehead atoms. The topological polar surface area (TPSA) is 107 Å². The number of nitrogens with one attached hydrogen (secondary N) is 1. The summed E-state index contributed by atoms with van der Waals surface area (Å²) in [5.41, 5.74) is 0.581. The summed E-state index contributed by atoms with van der Waals surface area (Å²) in [4.78, 5) is 23.5. The van der Waals surface area contributed by atoms with Gasteiger partial charge in [0.05, 0.1) is 17.9 Å². The number of hydrogen-bond acceptors (Lipinski definition) is 5. The monoisotopic (exact) mass is 269 g/mol. The van der Waals surface area contributed by atoms with E-state index in [2.05, 4.69) is 5.32 Å². The minimum atomic E-state index is -1.05. The molecule has 106 valence electrons. The van der Waals surface area contributed by atoms with E-state index in [4.69, 9.17) is 5.11 Å². The number of carbonyl (C=O) groups excluding carboxylic acids is 2. The highest BCUT2D eigenvalue weighted by Gasteiger charge is 2.33. The Morgan fingerprint density at radius 1 is 1.32 bits per heavy atom. The Bertz CT molecular complexity index is 458. The second kappa shape index (κ2) is 5.99. The van der Waals surface area contributed by atoms with Crippen molar-refractivity contribution in [3.63, 3.8) is 0 Å². The van der Waals surface area contributed by atoms with Crippen molar-refractivity contribution in [1.82, 2.24) is 5.32 Å². The summed E-state index contributed by atoms with van der Waals surface area (Å²) in [6, 6.07) is 0. The smallest absolute Gasteiger partial charge is 0.263 e. The molecule has 0 aliphatic carbocycles. The van der Waals surface area contributed by atoms with Crippen molar-refractivity contribution in [2.75, 3.05) is 0 Å². The minimum Gasteiger partial charge on any atom is -0.505 e. The zero-order valence-corrected chi connectivity index (χ0v) is 11.2. The van der Waals surface area contributed by atoms with Gasteiger partial charge in [0.15, 0.2) is 11.5 Å². The molecule has 1 aliphatic rings. The lowest BCUT2D eigenvalue weighted by Gasteiger charge is -2.11. The number of allylic oxidation sites excluding steroid dienone is 1. The van der Waals surface area contributed by atoms with Crippen LogP contribution in [0.2, 0.25) is 0 Å². The van der Waals surface area contributed by atoms with E-state index in [1.165, 1.54) is 6.92 Å². The van der Waals surface area contributed by atoms with E-state index in [1.807, 2.05) is 0 Å². The number of Topliss-reactive ketones (excluding diaryl/α,β-unsaturated/α-hetero) is 1. The first-order valence-electron chi connectivity index (χ1n) is 6.05. The Hall–Kier alpha value is -1.66. The van der Waals surface area contributed by atoms with Gasteiger partial charge >= 0.3 is 0 Å². The zero-order valence-electron chi connectivity index (χ0n) is 11.2. The molecule has 19 heavy (non-hydrogen) atoms. The molecule has 0 saturated heterocycles. The van der Waals surface area contributed by atoms with Crippen LogP contribution in [0.25, 0.3) is 0 Å². The maximum Gasteiger partial charge on any atom is 0.263 e. The quantitative estimate of drug-likeness (QED) is 0.537. The summed E-state index contributed by atoms with van der Waals surface area (Å²) < 4.78 is 0. The number of aliphatic hydroxyl groups is 3. The Labute approximate surface area is 111 Å². The third-order valence-corrected chi connectivity index (χ3v) is 2.75. The molecule has 0 radical (unpaired) electrons. The first kappa shape index (κ1) is 15.4. The van der Waals surface area contributed by atoms with E-state index in [0.717, 1.165) is 0 Å². The minimum absolute atomic E-state index is 0.0386. The molecule has 4 N–H and O–H groups in total. The summed E-state index contributed by atoms with van der Waals surface area (Å²) >= 11 is 0. The van der Waals surface area contributed by atoms with Crippen LogP contribution in [0.4, 0.5) is 0 Å². The van der Waals surface area contributed by atoms with Gasteiger partial charge in [0.25, 0.3) is 5.91 Å². The molecule has 0 saturated carbocycles. The van der Waals surface area contributed by atoms with Crippen LogP contribution >= 0.6 is 0 Å². The predicted molar refractivity (Wildman–Crippen MR) is 68.1 cm³/mol. The van der Waals surface area contributed by atoms with Crippen molar-refractivity contribution in [1.29, 1.82) is 0 Å². The van der Waals surface area contributed by atoms with Crippen molar-refractivity contribution in [3.05, 3.63) is 22.6 Å². The first-order chi connectivity index (χ1) is 8.73. The van der Waals surface area contributed by atoms with Gasteiger partial charge in [0.1, 0.15) is 5.57 Å². The predicted octanol–water partition coefficient (Wildman–Crippen LogP) is 0.313. The molecule has 0 aromatic rings. The second-order valence-corrected chi connectivity index (χ2v) is 4.92. The van der Waals surface area contributed by atoms with Crippen molar-refractivity contribution >= 4 is 11.7 Å². The summed E-state index contributed by atoms with van der Waals surface area (Å²) in [5.74, 6) is -1.68. The van der Waals surface area contributed by atoms with Crippen LogP contribution in [0.15, 0.2) is 22.6 Å². The number of hydrogen-bond donors (Lipinski definition) is 4. The van der Waals surface area contributed by atoms with Gasteiger partial charge in [0, 0.05) is 6.42 Å². The largest absolute Gasteiger partial charge is 0.505 e. The molecule has 1 aliphatic heterocycles. The molecule has 0 spiro atoms. The van der Waals surface area contributed by atoms with Crippen LogP contribution in [0.5, 0.6) is 0 Å². The van der Waals surface area contributed by atoms with Gasteiger partial charge < -0.3 is 20.6 Å². The standard InChI is InChI=1S/C13H19NO5/c1-6(2)11-12(18)10(13(19)14-11)9(17)5-8(16)4-7(3)15/h7-8,15-16,18H,4-5H2,1-3H3,(H,14,19). The molecule has 1 heterocycles. The fourth-order valence-corrected chi connectivity index (χ4v) is 1.88. The Morgan fingerprint density at radius 2 is 1.89 bits per heavy atom. The summed E-state index contributed by atoms with van der Waals surface area (Å²) in [7, 11) is 0. The maximum atomic E-state index is 11.9. The molecular weight excluding hydrogens is 250 g/mol. The van der Waals surface area contributed by atoms with Crippen LogP contribution in [-0.4, -0.2) is 39.2 Å². The lowest BCUT2D eigenvalue weighted by atomic mass is 10.0. The van der Waals surface area contributed by atoms with E-state index in [1.54, 1.807) is 13.8 Å². The van der Waals surface area contributed by atoms with Crippen molar-refractivity contribution < 1.29 is 24.9 Å². The van der Waals surface area contributed by atoms with Crippen molar-refractivity contribution in [2.45, 2.75) is 45.8 Å². The van der Waals surface area contributed by atoms with E-state index in [-0.39, 0.29) is 29.9 Å². The SMILES string of the molecule is CC(C)=C1NC(=O)C(C(=O)CC(O)CC(C)O)=C1O. The van der Waals surface area contributed by atoms with E-state index in [9.17, 15) is 19.8 Å². The van der Waals surface area contributed by atoms with E-state index >= 15 is 0 Å². The van der Waals surface area contributed by atoms with Crippen molar-refractivity contribution in [2.24, 2.45) is 0 Å². The lowest BCUT2D eigenvalue weighted by molar-refractivity contribution is -0.122. The van der Waals surface area contributed by atoms with E-state index in [0.29, 0.717) is 5.57 Å². The average molecular weight is 269 g/mol. The number of rotatable bonds is 5. The molecule has 0 aromatic heterocycles. The fraction of sp³-hybridized carbons (Fsp3) is 0.538. The third kappa shape index (κ3) is 3.65. The van der Waals surface area contributed by atoms with Gasteiger partial charge in [-0.2, -0.15) is 0 Å². The molecule has 1 amide bonds. The molecular formula is C13H19NO5. The summed E-state index contributed by atoms with van der Waals surface area (Å²) in [5, 5.41) is 30.9. The molecule has 1 rings (SSSR count). The highest BCUT2D eigenvalue weighted by Crippen LogP contribution is 2.23. The van der Waals surface area contributed by atoms with Crippen LogP contribution in [0, 0.1) is 0 Å². The Kier molecular flexibility index (Phi) is 4.85. The van der Waals surface area contributed by atoms with Crippen molar-refractivity contribution in [3.8, 4) is 0 Å². The number of ketones is 1. The molecule has 2 unspecified atom stereocenters. The number of aliphatic hydroxyl groups excluding tert-OH is 3. The highest BCUT2D eigenvalue weighted by molar-refractivity contribution is 6.22. The highest BCUT2D eigenvalue weighted by atomic mass is 16.3. The van der Waals surface area contributed by atoms with Gasteiger partial charge in [-0.3, -0.25) is 9.59 Å². The Morgan fingerprint density at radius 3 is 2.32 bits per heavy atom. The molecule has 6 heteroatoms. The first-order valence-corrected chi connectivity index (χ1v) is 6.05. The maximum absolute atomic E-state index is 11.9. The second-order valence-electron chi connectivity index (χ2n) is 4.92. The van der Waals surface area contributed by atoms with Crippen LogP contribution < -0.4 is 5.32 Å². The van der Waals surface area contributed by atoms with Crippen LogP contribution in [0.1, 0.15) is 33.6 Å². The van der Waals surface area contributed by atoms with Gasteiger partial charge in [-0.1, -0.05) is 0 Å². The molecule has 2 atom stereocenters. The summed E-state index contributed by atoms with van der Waals surface area (Å²) in [6.45, 7) is 4.89. The average Bonchev–Trinajstić information content (AvgIpc) is 2.52. The Balaban J connectivity index is 2.88. The molecule has 0 aromatic carbocycles. The third-order valence-electron chi connectivity index (χ3n) is 2.75.